The number of ether oxygens (including phenoxy) is 1. The molecule has 4 nitrogen and oxygen atoms in total. The second-order valence-electron chi connectivity index (χ2n) is 3.52. The summed E-state index contributed by atoms with van der Waals surface area (Å²) in [5.41, 5.74) is 8.58. The lowest BCUT2D eigenvalue weighted by atomic mass is 10.1. The molecule has 0 atom stereocenters. The van der Waals surface area contributed by atoms with Crippen molar-refractivity contribution in [2.45, 2.75) is 6.42 Å². The fourth-order valence-electron chi connectivity index (χ4n) is 1.86. The van der Waals surface area contributed by atoms with Crippen LogP contribution < -0.4 is 10.5 Å². The molecular formula is C11H10N2O2. The van der Waals surface area contributed by atoms with Gasteiger partial charge in [0.2, 0.25) is 0 Å². The summed E-state index contributed by atoms with van der Waals surface area (Å²) in [6, 6.07) is 3.80. The minimum absolute atomic E-state index is 0.695. The highest BCUT2D eigenvalue weighted by Gasteiger charge is 2.19. The molecule has 1 aliphatic rings. The summed E-state index contributed by atoms with van der Waals surface area (Å²) >= 11 is 0. The first-order valence-electron chi connectivity index (χ1n) is 4.78. The van der Waals surface area contributed by atoms with Gasteiger partial charge in [0.25, 0.3) is 0 Å². The molecule has 2 aromatic rings. The van der Waals surface area contributed by atoms with Crippen LogP contribution in [-0.4, -0.2) is 11.6 Å². The highest BCUT2D eigenvalue weighted by molar-refractivity contribution is 5.73. The zero-order valence-electron chi connectivity index (χ0n) is 8.06. The van der Waals surface area contributed by atoms with Gasteiger partial charge in [0.05, 0.1) is 18.4 Å². The van der Waals surface area contributed by atoms with Crippen molar-refractivity contribution in [2.75, 3.05) is 12.3 Å². The van der Waals surface area contributed by atoms with Crippen LogP contribution in [0.4, 0.5) is 5.69 Å². The molecule has 76 valence electrons. The molecule has 0 fully saturated rings. The van der Waals surface area contributed by atoms with E-state index in [4.69, 9.17) is 14.9 Å². The van der Waals surface area contributed by atoms with Crippen LogP contribution in [0.5, 0.6) is 5.75 Å². The lowest BCUT2D eigenvalue weighted by molar-refractivity contribution is 0.357. The molecule has 4 heteroatoms. The summed E-state index contributed by atoms with van der Waals surface area (Å²) in [6.07, 6.45) is 3.97. The smallest absolute Gasteiger partial charge is 0.181 e. The van der Waals surface area contributed by atoms with Crippen molar-refractivity contribution in [3.05, 3.63) is 30.3 Å². The maximum atomic E-state index is 5.82. The summed E-state index contributed by atoms with van der Waals surface area (Å²) in [6.45, 7) is 0.708. The lowest BCUT2D eigenvalue weighted by Gasteiger charge is -2.06. The van der Waals surface area contributed by atoms with Crippen molar-refractivity contribution < 1.29 is 9.15 Å². The second-order valence-corrected chi connectivity index (χ2v) is 3.52. The van der Waals surface area contributed by atoms with E-state index < -0.39 is 0 Å². The number of nitrogens with two attached hydrogens (primary N) is 1. The summed E-state index contributed by atoms with van der Waals surface area (Å²) in [7, 11) is 0. The number of nitrogens with zero attached hydrogens (tertiary/aromatic N) is 1. The van der Waals surface area contributed by atoms with Crippen molar-refractivity contribution in [1.82, 2.24) is 4.98 Å². The Bertz CT molecular complexity index is 492. The van der Waals surface area contributed by atoms with Gasteiger partial charge in [-0.2, -0.15) is 0 Å². The first kappa shape index (κ1) is 8.35. The molecule has 2 heterocycles. The lowest BCUT2D eigenvalue weighted by Crippen LogP contribution is -1.90. The zero-order chi connectivity index (χ0) is 10.3. The normalized spacial score (nSPS) is 13.6. The van der Waals surface area contributed by atoms with E-state index in [1.807, 2.05) is 12.1 Å². The average Bonchev–Trinajstić information content (AvgIpc) is 2.86. The summed E-state index contributed by atoms with van der Waals surface area (Å²) in [4.78, 5) is 3.89. The number of hydrogen-bond acceptors (Lipinski definition) is 4. The first-order valence-corrected chi connectivity index (χ1v) is 4.78. The predicted molar refractivity (Wildman–Crippen MR) is 55.6 cm³/mol. The first-order chi connectivity index (χ1) is 7.34. The van der Waals surface area contributed by atoms with Crippen LogP contribution >= 0.6 is 0 Å². The Kier molecular flexibility index (Phi) is 1.68. The predicted octanol–water partition coefficient (Wildman–Crippen LogP) is 1.86. The molecule has 2 N–H and O–H groups in total. The average molecular weight is 202 g/mol. The molecule has 0 unspecified atom stereocenters. The number of rotatable bonds is 1. The third-order valence-electron chi connectivity index (χ3n) is 2.50. The summed E-state index contributed by atoms with van der Waals surface area (Å²) in [5, 5.41) is 0. The molecule has 0 saturated carbocycles. The van der Waals surface area contributed by atoms with E-state index in [0.717, 1.165) is 29.0 Å². The Balaban J connectivity index is 2.23. The van der Waals surface area contributed by atoms with Crippen LogP contribution in [0, 0.1) is 0 Å². The maximum absolute atomic E-state index is 5.82. The van der Waals surface area contributed by atoms with Crippen LogP contribution in [0.1, 0.15) is 5.56 Å². The van der Waals surface area contributed by atoms with Gasteiger partial charge in [0.15, 0.2) is 12.2 Å². The molecule has 1 aliphatic heterocycles. The maximum Gasteiger partial charge on any atom is 0.181 e. The zero-order valence-corrected chi connectivity index (χ0v) is 8.06. The molecule has 0 amide bonds. The molecule has 1 aromatic heterocycles. The van der Waals surface area contributed by atoms with E-state index in [1.54, 1.807) is 6.20 Å². The van der Waals surface area contributed by atoms with Crippen LogP contribution in [0.3, 0.4) is 0 Å². The Hall–Kier alpha value is -1.97. The van der Waals surface area contributed by atoms with Gasteiger partial charge in [-0.25, -0.2) is 4.98 Å². The topological polar surface area (TPSA) is 61.3 Å². The number of hydrogen-bond donors (Lipinski definition) is 1. The molecule has 1 aromatic carbocycles. The van der Waals surface area contributed by atoms with Gasteiger partial charge in [-0.05, 0) is 12.1 Å². The largest absolute Gasteiger partial charge is 0.492 e. The van der Waals surface area contributed by atoms with Gasteiger partial charge in [0, 0.05) is 17.7 Å². The van der Waals surface area contributed by atoms with Gasteiger partial charge in [-0.1, -0.05) is 0 Å². The second kappa shape index (κ2) is 3.02. The van der Waals surface area contributed by atoms with Gasteiger partial charge < -0.3 is 14.9 Å². The Morgan fingerprint density at radius 1 is 1.33 bits per heavy atom. The summed E-state index contributed by atoms with van der Waals surface area (Å²) in [5.74, 6) is 1.57. The molecule has 0 saturated heterocycles. The highest BCUT2D eigenvalue weighted by atomic mass is 16.5. The van der Waals surface area contributed by atoms with Crippen LogP contribution in [0.25, 0.3) is 11.3 Å². The number of anilines is 1. The SMILES string of the molecule is Nc1cc2c(c(-c3cnco3)c1)OCC2. The van der Waals surface area contributed by atoms with Gasteiger partial charge in [-0.15, -0.1) is 0 Å². The van der Waals surface area contributed by atoms with E-state index in [2.05, 4.69) is 4.98 Å². The van der Waals surface area contributed by atoms with Crippen molar-refractivity contribution in [1.29, 1.82) is 0 Å². The highest BCUT2D eigenvalue weighted by Crippen LogP contribution is 2.38. The molecule has 3 rings (SSSR count). The molecule has 0 aliphatic carbocycles. The molecule has 15 heavy (non-hydrogen) atoms. The monoisotopic (exact) mass is 202 g/mol. The van der Waals surface area contributed by atoms with Gasteiger partial charge >= 0.3 is 0 Å². The molecule has 0 spiro atoms. The van der Waals surface area contributed by atoms with E-state index in [-0.39, 0.29) is 0 Å². The fraction of sp³-hybridized carbons (Fsp3) is 0.182. The van der Waals surface area contributed by atoms with Crippen molar-refractivity contribution in [3.8, 4) is 17.1 Å². The van der Waals surface area contributed by atoms with Crippen molar-refractivity contribution >= 4 is 5.69 Å². The minimum atomic E-state index is 0.695. The van der Waals surface area contributed by atoms with E-state index in [0.29, 0.717) is 12.4 Å². The fourth-order valence-corrected chi connectivity index (χ4v) is 1.86. The number of benzene rings is 1. The van der Waals surface area contributed by atoms with Gasteiger partial charge in [0.1, 0.15) is 5.75 Å². The quantitative estimate of drug-likeness (QED) is 0.717. The van der Waals surface area contributed by atoms with Crippen LogP contribution in [0.15, 0.2) is 29.1 Å². The standard InChI is InChI=1S/C11H10N2O2/c12-8-3-7-1-2-14-11(7)9(4-8)10-5-13-6-15-10/h3-6H,1-2,12H2. The van der Waals surface area contributed by atoms with Crippen molar-refractivity contribution in [3.63, 3.8) is 0 Å². The Morgan fingerprint density at radius 2 is 2.27 bits per heavy atom. The molecular weight excluding hydrogens is 192 g/mol. The van der Waals surface area contributed by atoms with Crippen LogP contribution in [0.2, 0.25) is 0 Å². The van der Waals surface area contributed by atoms with E-state index in [9.17, 15) is 0 Å². The number of nitrogen functional groups attached to an aromatic ring is 1. The van der Waals surface area contributed by atoms with E-state index in [1.165, 1.54) is 6.39 Å². The van der Waals surface area contributed by atoms with E-state index >= 15 is 0 Å². The Labute approximate surface area is 86.7 Å². The van der Waals surface area contributed by atoms with Crippen molar-refractivity contribution in [2.24, 2.45) is 0 Å². The summed E-state index contributed by atoms with van der Waals surface area (Å²) < 4.78 is 10.8. The Morgan fingerprint density at radius 3 is 3.07 bits per heavy atom. The third-order valence-corrected chi connectivity index (χ3v) is 2.50. The number of aromatic nitrogens is 1. The third kappa shape index (κ3) is 1.26. The number of fused-ring (bicyclic) bond motifs is 1. The molecule has 0 radical (unpaired) electrons. The molecule has 0 bridgehead atoms. The van der Waals surface area contributed by atoms with Gasteiger partial charge in [-0.3, -0.25) is 0 Å². The van der Waals surface area contributed by atoms with Crippen LogP contribution in [-0.2, 0) is 6.42 Å². The number of oxazole rings is 1. The minimum Gasteiger partial charge on any atom is -0.492 e.